The predicted octanol–water partition coefficient (Wildman–Crippen LogP) is 4.48. The number of rotatable bonds is 3. The van der Waals surface area contributed by atoms with Crippen molar-refractivity contribution in [2.24, 2.45) is 5.92 Å². The zero-order valence-electron chi connectivity index (χ0n) is 11.6. The van der Waals surface area contributed by atoms with Gasteiger partial charge in [-0.15, -0.1) is 0 Å². The van der Waals surface area contributed by atoms with E-state index in [-0.39, 0.29) is 5.82 Å². The second-order valence-electron chi connectivity index (χ2n) is 5.70. The fourth-order valence-corrected chi connectivity index (χ4v) is 2.55. The van der Waals surface area contributed by atoms with Crippen LogP contribution >= 0.6 is 0 Å². The molecule has 1 aliphatic rings. The molecule has 0 N–H and O–H groups in total. The van der Waals surface area contributed by atoms with Gasteiger partial charge in [-0.1, -0.05) is 32.9 Å². The Morgan fingerprint density at radius 2 is 1.83 bits per heavy atom. The largest absolute Gasteiger partial charge is 0.381 e. The third-order valence-corrected chi connectivity index (χ3v) is 4.21. The van der Waals surface area contributed by atoms with E-state index in [9.17, 15) is 4.39 Å². The smallest absolute Gasteiger partial charge is 0.126 e. The molecular weight excluding hydrogens is 227 g/mol. The Labute approximate surface area is 109 Å². The van der Waals surface area contributed by atoms with Crippen molar-refractivity contribution in [2.75, 3.05) is 13.2 Å². The molecule has 18 heavy (non-hydrogen) atoms. The monoisotopic (exact) mass is 250 g/mol. The van der Waals surface area contributed by atoms with E-state index < -0.39 is 0 Å². The fourth-order valence-electron chi connectivity index (χ4n) is 2.55. The summed E-state index contributed by atoms with van der Waals surface area (Å²) in [6.45, 7) is 8.15. The van der Waals surface area contributed by atoms with Crippen molar-refractivity contribution in [3.8, 4) is 0 Å². The van der Waals surface area contributed by atoms with E-state index in [4.69, 9.17) is 4.74 Å². The van der Waals surface area contributed by atoms with Gasteiger partial charge in [0.05, 0.1) is 0 Å². The van der Waals surface area contributed by atoms with Crippen LogP contribution in [0.3, 0.4) is 0 Å². The molecule has 1 aliphatic heterocycles. The quantitative estimate of drug-likeness (QED) is 0.768. The number of halogens is 1. The molecule has 2 heteroatoms. The van der Waals surface area contributed by atoms with E-state index in [1.807, 2.05) is 6.07 Å². The molecule has 1 unspecified atom stereocenters. The number of ether oxygens (including phenoxy) is 1. The highest BCUT2D eigenvalue weighted by molar-refractivity contribution is 5.30. The van der Waals surface area contributed by atoms with Gasteiger partial charge in [-0.25, -0.2) is 4.39 Å². The zero-order valence-corrected chi connectivity index (χ0v) is 11.6. The van der Waals surface area contributed by atoms with E-state index >= 15 is 0 Å². The van der Waals surface area contributed by atoms with E-state index in [1.165, 1.54) is 5.56 Å². The van der Waals surface area contributed by atoms with Crippen LogP contribution in [0.5, 0.6) is 0 Å². The van der Waals surface area contributed by atoms with Crippen LogP contribution in [-0.4, -0.2) is 13.2 Å². The minimum absolute atomic E-state index is 0.0541. The summed E-state index contributed by atoms with van der Waals surface area (Å²) in [7, 11) is 0. The normalized spacial score (nSPS) is 19.2. The lowest BCUT2D eigenvalue weighted by Gasteiger charge is -2.24. The maximum Gasteiger partial charge on any atom is 0.126 e. The van der Waals surface area contributed by atoms with Crippen molar-refractivity contribution < 1.29 is 9.13 Å². The van der Waals surface area contributed by atoms with Gasteiger partial charge in [-0.2, -0.15) is 0 Å². The Morgan fingerprint density at radius 1 is 1.17 bits per heavy atom. The third-order valence-electron chi connectivity index (χ3n) is 4.21. The van der Waals surface area contributed by atoms with Gasteiger partial charge in [0.2, 0.25) is 0 Å². The molecule has 1 aromatic rings. The molecule has 1 heterocycles. The molecule has 1 fully saturated rings. The Hall–Kier alpha value is -0.890. The SMILES string of the molecule is CC(C)C(C)c1ccc(F)c(C2CCOCC2)c1. The van der Waals surface area contributed by atoms with Crippen LogP contribution in [0, 0.1) is 11.7 Å². The van der Waals surface area contributed by atoms with Crippen molar-refractivity contribution in [3.05, 3.63) is 35.1 Å². The highest BCUT2D eigenvalue weighted by Gasteiger charge is 2.21. The van der Waals surface area contributed by atoms with Gasteiger partial charge in [0.1, 0.15) is 5.82 Å². The van der Waals surface area contributed by atoms with Crippen molar-refractivity contribution in [1.82, 2.24) is 0 Å². The Bertz CT molecular complexity index is 394. The minimum atomic E-state index is -0.0541. The van der Waals surface area contributed by atoms with E-state index in [0.29, 0.717) is 17.8 Å². The zero-order chi connectivity index (χ0) is 13.1. The maximum atomic E-state index is 14.0. The van der Waals surface area contributed by atoms with Crippen LogP contribution < -0.4 is 0 Å². The van der Waals surface area contributed by atoms with E-state index in [1.54, 1.807) is 6.07 Å². The molecule has 1 saturated heterocycles. The molecule has 1 nitrogen and oxygen atoms in total. The molecular formula is C16H23FO. The first-order valence-electron chi connectivity index (χ1n) is 6.96. The average Bonchev–Trinajstić information content (AvgIpc) is 2.39. The summed E-state index contributed by atoms with van der Waals surface area (Å²) in [5, 5.41) is 0. The first-order valence-corrected chi connectivity index (χ1v) is 6.96. The number of hydrogen-bond acceptors (Lipinski definition) is 1. The van der Waals surface area contributed by atoms with Crippen molar-refractivity contribution >= 4 is 0 Å². The van der Waals surface area contributed by atoms with Crippen molar-refractivity contribution in [3.63, 3.8) is 0 Å². The minimum Gasteiger partial charge on any atom is -0.381 e. The average molecular weight is 250 g/mol. The standard InChI is InChI=1S/C16H23FO/c1-11(2)12(3)14-4-5-16(17)15(10-14)13-6-8-18-9-7-13/h4-5,10-13H,6-9H2,1-3H3. The summed E-state index contributed by atoms with van der Waals surface area (Å²) < 4.78 is 19.3. The van der Waals surface area contributed by atoms with Crippen molar-refractivity contribution in [2.45, 2.75) is 45.4 Å². The third kappa shape index (κ3) is 2.92. The number of benzene rings is 1. The van der Waals surface area contributed by atoms with Gasteiger partial charge >= 0.3 is 0 Å². The lowest BCUT2D eigenvalue weighted by Crippen LogP contribution is -2.15. The van der Waals surface area contributed by atoms with Crippen LogP contribution in [0.25, 0.3) is 0 Å². The number of hydrogen-bond donors (Lipinski definition) is 0. The Morgan fingerprint density at radius 3 is 2.44 bits per heavy atom. The van der Waals surface area contributed by atoms with Gasteiger partial charge in [0.25, 0.3) is 0 Å². The maximum absolute atomic E-state index is 14.0. The van der Waals surface area contributed by atoms with Gasteiger partial charge in [-0.05, 0) is 47.8 Å². The topological polar surface area (TPSA) is 9.23 Å². The Balaban J connectivity index is 2.25. The molecule has 0 radical (unpaired) electrons. The first-order chi connectivity index (χ1) is 8.59. The molecule has 0 aromatic heterocycles. The molecule has 0 aliphatic carbocycles. The Kier molecular flexibility index (Phi) is 4.39. The van der Waals surface area contributed by atoms with Crippen molar-refractivity contribution in [1.29, 1.82) is 0 Å². The molecule has 0 spiro atoms. The first kappa shape index (κ1) is 13.5. The highest BCUT2D eigenvalue weighted by atomic mass is 19.1. The lowest BCUT2D eigenvalue weighted by molar-refractivity contribution is 0.0846. The predicted molar refractivity (Wildman–Crippen MR) is 72.4 cm³/mol. The summed E-state index contributed by atoms with van der Waals surface area (Å²) >= 11 is 0. The van der Waals surface area contributed by atoms with Gasteiger partial charge in [0.15, 0.2) is 0 Å². The molecule has 0 saturated carbocycles. The highest BCUT2D eigenvalue weighted by Crippen LogP contribution is 2.32. The molecule has 1 aromatic carbocycles. The molecule has 2 rings (SSSR count). The van der Waals surface area contributed by atoms with Gasteiger partial charge in [-0.3, -0.25) is 0 Å². The van der Waals surface area contributed by atoms with Gasteiger partial charge < -0.3 is 4.74 Å². The summed E-state index contributed by atoms with van der Waals surface area (Å²) in [6, 6.07) is 5.65. The lowest BCUT2D eigenvalue weighted by atomic mass is 9.85. The second-order valence-corrected chi connectivity index (χ2v) is 5.70. The second kappa shape index (κ2) is 5.83. The summed E-state index contributed by atoms with van der Waals surface area (Å²) in [5.41, 5.74) is 2.15. The van der Waals surface area contributed by atoms with E-state index in [0.717, 1.165) is 31.6 Å². The van der Waals surface area contributed by atoms with Crippen LogP contribution in [-0.2, 0) is 4.74 Å². The molecule has 1 atom stereocenters. The summed E-state index contributed by atoms with van der Waals surface area (Å²) in [4.78, 5) is 0. The van der Waals surface area contributed by atoms with Crippen LogP contribution in [0.1, 0.15) is 56.6 Å². The molecule has 0 amide bonds. The fraction of sp³-hybridized carbons (Fsp3) is 0.625. The van der Waals surface area contributed by atoms with Crippen LogP contribution in [0.2, 0.25) is 0 Å². The summed E-state index contributed by atoms with van der Waals surface area (Å²) in [6.07, 6.45) is 1.88. The summed E-state index contributed by atoms with van der Waals surface area (Å²) in [5.74, 6) is 1.34. The van der Waals surface area contributed by atoms with Gasteiger partial charge in [0, 0.05) is 13.2 Å². The van der Waals surface area contributed by atoms with E-state index in [2.05, 4.69) is 26.8 Å². The van der Waals surface area contributed by atoms with Crippen LogP contribution in [0.4, 0.5) is 4.39 Å². The van der Waals surface area contributed by atoms with Crippen LogP contribution in [0.15, 0.2) is 18.2 Å². The molecule has 0 bridgehead atoms. The molecule has 100 valence electrons.